The second-order valence-electron chi connectivity index (χ2n) is 6.66. The van der Waals surface area contributed by atoms with E-state index in [1.54, 1.807) is 12.4 Å². The summed E-state index contributed by atoms with van der Waals surface area (Å²) >= 11 is 0. The fourth-order valence-electron chi connectivity index (χ4n) is 3.74. The largest absolute Gasteiger partial charge is 0.465 e. The first-order chi connectivity index (χ1) is 12.2. The minimum atomic E-state index is -0.422. The molecule has 7 nitrogen and oxygen atoms in total. The maximum atomic E-state index is 12.4. The van der Waals surface area contributed by atoms with Crippen LogP contribution in [0.25, 0.3) is 0 Å². The van der Waals surface area contributed by atoms with E-state index < -0.39 is 6.10 Å². The lowest BCUT2D eigenvalue weighted by Crippen LogP contribution is -2.46. The molecular weight excluding hydrogens is 320 g/mol. The standard InChI is InChI=1S/C18H22N4O3/c1-12-2-3-13(24-12)11-22-9-6-15-14(22)4-5-16(25-15)18(23)21-17-10-19-7-8-20-17/h2-3,7-8,10,14-16H,4-6,9,11H2,1H3,(H,20,21,23)/t14-,15-,16+/m0/s1. The molecule has 2 aliphatic heterocycles. The van der Waals surface area contributed by atoms with Crippen molar-refractivity contribution in [2.45, 2.75) is 51.0 Å². The van der Waals surface area contributed by atoms with Crippen molar-refractivity contribution in [1.82, 2.24) is 14.9 Å². The highest BCUT2D eigenvalue weighted by molar-refractivity contribution is 5.93. The molecule has 132 valence electrons. The number of rotatable bonds is 4. The normalized spacial score (nSPS) is 26.4. The lowest BCUT2D eigenvalue weighted by molar-refractivity contribution is -0.138. The number of furan rings is 1. The fourth-order valence-corrected chi connectivity index (χ4v) is 3.74. The average molecular weight is 342 g/mol. The van der Waals surface area contributed by atoms with E-state index in [1.807, 2.05) is 19.1 Å². The molecule has 2 aromatic rings. The molecule has 2 aliphatic rings. The van der Waals surface area contributed by atoms with Crippen molar-refractivity contribution in [2.24, 2.45) is 0 Å². The number of fused-ring (bicyclic) bond motifs is 1. The maximum absolute atomic E-state index is 12.4. The number of ether oxygens (including phenoxy) is 1. The van der Waals surface area contributed by atoms with Crippen LogP contribution in [-0.2, 0) is 16.1 Å². The van der Waals surface area contributed by atoms with Crippen LogP contribution in [-0.4, -0.2) is 45.6 Å². The number of carbonyl (C=O) groups excluding carboxylic acids is 1. The molecule has 25 heavy (non-hydrogen) atoms. The van der Waals surface area contributed by atoms with Crippen molar-refractivity contribution in [3.63, 3.8) is 0 Å². The third kappa shape index (κ3) is 3.57. The van der Waals surface area contributed by atoms with Gasteiger partial charge in [0.05, 0.1) is 18.8 Å². The number of hydrogen-bond donors (Lipinski definition) is 1. The topological polar surface area (TPSA) is 80.5 Å². The summed E-state index contributed by atoms with van der Waals surface area (Å²) < 4.78 is 11.8. The Bertz CT molecular complexity index is 733. The summed E-state index contributed by atoms with van der Waals surface area (Å²) in [6, 6.07) is 4.38. The molecule has 0 saturated carbocycles. The van der Waals surface area contributed by atoms with Gasteiger partial charge in [0.1, 0.15) is 17.6 Å². The molecule has 0 aliphatic carbocycles. The zero-order chi connectivity index (χ0) is 17.2. The number of nitrogens with zero attached hydrogens (tertiary/aromatic N) is 3. The van der Waals surface area contributed by atoms with E-state index in [0.717, 1.165) is 37.5 Å². The summed E-state index contributed by atoms with van der Waals surface area (Å²) in [5, 5.41) is 2.78. The Balaban J connectivity index is 1.34. The molecule has 1 N–H and O–H groups in total. The van der Waals surface area contributed by atoms with Crippen LogP contribution in [0.15, 0.2) is 35.1 Å². The third-order valence-electron chi connectivity index (χ3n) is 4.92. The predicted molar refractivity (Wildman–Crippen MR) is 90.8 cm³/mol. The minimum absolute atomic E-state index is 0.0995. The van der Waals surface area contributed by atoms with Gasteiger partial charge in [-0.3, -0.25) is 14.7 Å². The lowest BCUT2D eigenvalue weighted by Gasteiger charge is -2.35. The Labute approximate surface area is 146 Å². The van der Waals surface area contributed by atoms with Gasteiger partial charge in [-0.15, -0.1) is 0 Å². The average Bonchev–Trinajstić information content (AvgIpc) is 3.22. The molecule has 0 aromatic carbocycles. The van der Waals surface area contributed by atoms with Gasteiger partial charge in [0.2, 0.25) is 0 Å². The van der Waals surface area contributed by atoms with Crippen LogP contribution < -0.4 is 5.32 Å². The molecule has 2 saturated heterocycles. The molecule has 0 bridgehead atoms. The fraction of sp³-hybridized carbons (Fsp3) is 0.500. The van der Waals surface area contributed by atoms with Crippen molar-refractivity contribution < 1.29 is 13.9 Å². The molecule has 0 unspecified atom stereocenters. The first kappa shape index (κ1) is 16.2. The van der Waals surface area contributed by atoms with E-state index in [-0.39, 0.29) is 12.0 Å². The van der Waals surface area contributed by atoms with Crippen LogP contribution in [0.3, 0.4) is 0 Å². The number of likely N-dealkylation sites (tertiary alicyclic amines) is 1. The number of anilines is 1. The number of carbonyl (C=O) groups is 1. The highest BCUT2D eigenvalue weighted by Gasteiger charge is 2.41. The van der Waals surface area contributed by atoms with Crippen molar-refractivity contribution in [2.75, 3.05) is 11.9 Å². The first-order valence-electron chi connectivity index (χ1n) is 8.71. The quantitative estimate of drug-likeness (QED) is 0.917. The summed E-state index contributed by atoms with van der Waals surface area (Å²) in [6.45, 7) is 3.72. The summed E-state index contributed by atoms with van der Waals surface area (Å²) in [4.78, 5) is 22.8. The molecule has 1 amide bonds. The van der Waals surface area contributed by atoms with Gasteiger partial charge >= 0.3 is 0 Å². The highest BCUT2D eigenvalue weighted by Crippen LogP contribution is 2.33. The Hall–Kier alpha value is -2.25. The van der Waals surface area contributed by atoms with Crippen LogP contribution >= 0.6 is 0 Å². The lowest BCUT2D eigenvalue weighted by atomic mass is 9.98. The number of aromatic nitrogens is 2. The van der Waals surface area contributed by atoms with Crippen LogP contribution in [0, 0.1) is 6.92 Å². The summed E-state index contributed by atoms with van der Waals surface area (Å²) in [5.41, 5.74) is 0. The minimum Gasteiger partial charge on any atom is -0.465 e. The van der Waals surface area contributed by atoms with E-state index in [9.17, 15) is 4.79 Å². The molecule has 0 spiro atoms. The van der Waals surface area contributed by atoms with Gasteiger partial charge in [-0.2, -0.15) is 0 Å². The zero-order valence-corrected chi connectivity index (χ0v) is 14.2. The molecular formula is C18H22N4O3. The number of aryl methyl sites for hydroxylation is 1. The van der Waals surface area contributed by atoms with Crippen LogP contribution in [0.2, 0.25) is 0 Å². The van der Waals surface area contributed by atoms with Gasteiger partial charge in [-0.1, -0.05) is 0 Å². The van der Waals surface area contributed by atoms with E-state index in [1.165, 1.54) is 6.20 Å². The highest BCUT2D eigenvalue weighted by atomic mass is 16.5. The molecule has 4 heterocycles. The summed E-state index contributed by atoms with van der Waals surface area (Å²) in [5.74, 6) is 2.24. The van der Waals surface area contributed by atoms with E-state index in [4.69, 9.17) is 9.15 Å². The Morgan fingerprint density at radius 3 is 3.00 bits per heavy atom. The Morgan fingerprint density at radius 1 is 1.32 bits per heavy atom. The zero-order valence-electron chi connectivity index (χ0n) is 14.2. The summed E-state index contributed by atoms with van der Waals surface area (Å²) in [6.07, 6.45) is 6.94. The van der Waals surface area contributed by atoms with Crippen molar-refractivity contribution in [3.05, 3.63) is 42.2 Å². The van der Waals surface area contributed by atoms with Crippen LogP contribution in [0.4, 0.5) is 5.82 Å². The predicted octanol–water partition coefficient (Wildman–Crippen LogP) is 2.14. The summed E-state index contributed by atoms with van der Waals surface area (Å²) in [7, 11) is 0. The van der Waals surface area contributed by atoms with E-state index in [0.29, 0.717) is 18.3 Å². The van der Waals surface area contributed by atoms with Gasteiger partial charge < -0.3 is 14.5 Å². The van der Waals surface area contributed by atoms with Gasteiger partial charge in [-0.05, 0) is 38.3 Å². The van der Waals surface area contributed by atoms with E-state index >= 15 is 0 Å². The SMILES string of the molecule is Cc1ccc(CN2CC[C@@H]3O[C@@H](C(=O)Nc4cnccn4)CC[C@@H]32)o1. The van der Waals surface area contributed by atoms with Gasteiger partial charge in [0.15, 0.2) is 5.82 Å². The number of hydrogen-bond acceptors (Lipinski definition) is 6. The van der Waals surface area contributed by atoms with E-state index in [2.05, 4.69) is 20.2 Å². The molecule has 0 radical (unpaired) electrons. The van der Waals surface area contributed by atoms with Gasteiger partial charge in [0, 0.05) is 25.0 Å². The van der Waals surface area contributed by atoms with Crippen LogP contribution in [0.1, 0.15) is 30.8 Å². The van der Waals surface area contributed by atoms with Gasteiger partial charge in [0.25, 0.3) is 5.91 Å². The maximum Gasteiger partial charge on any atom is 0.254 e. The monoisotopic (exact) mass is 342 g/mol. The van der Waals surface area contributed by atoms with Crippen molar-refractivity contribution >= 4 is 11.7 Å². The molecule has 4 rings (SSSR count). The first-order valence-corrected chi connectivity index (χ1v) is 8.71. The molecule has 2 fully saturated rings. The molecule has 3 atom stereocenters. The number of amides is 1. The molecule has 2 aromatic heterocycles. The molecule has 7 heteroatoms. The Kier molecular flexibility index (Phi) is 4.50. The van der Waals surface area contributed by atoms with Crippen LogP contribution in [0.5, 0.6) is 0 Å². The second-order valence-corrected chi connectivity index (χ2v) is 6.66. The van der Waals surface area contributed by atoms with Crippen molar-refractivity contribution in [1.29, 1.82) is 0 Å². The van der Waals surface area contributed by atoms with Gasteiger partial charge in [-0.25, -0.2) is 4.98 Å². The Morgan fingerprint density at radius 2 is 2.24 bits per heavy atom. The second kappa shape index (κ2) is 6.93. The number of nitrogens with one attached hydrogen (secondary N) is 1. The van der Waals surface area contributed by atoms with Crippen molar-refractivity contribution in [3.8, 4) is 0 Å². The third-order valence-corrected chi connectivity index (χ3v) is 4.92. The smallest absolute Gasteiger partial charge is 0.254 e.